The van der Waals surface area contributed by atoms with E-state index in [0.717, 1.165) is 0 Å². The molecule has 1 aromatic rings. The summed E-state index contributed by atoms with van der Waals surface area (Å²) in [5.41, 5.74) is 0.517. The van der Waals surface area contributed by atoms with Crippen LogP contribution in [0.5, 0.6) is 0 Å². The summed E-state index contributed by atoms with van der Waals surface area (Å²) in [6.45, 7) is 4.68. The highest BCUT2D eigenvalue weighted by molar-refractivity contribution is 7.99. The number of thioether (sulfide) groups is 1. The van der Waals surface area contributed by atoms with Crippen molar-refractivity contribution in [1.29, 1.82) is 0 Å². The number of carbonyl (C=O) groups is 2. The van der Waals surface area contributed by atoms with Gasteiger partial charge in [-0.3, -0.25) is 13.8 Å². The number of rotatable bonds is 5. The molecular formula is C16H22N2O3S2. The van der Waals surface area contributed by atoms with Crippen LogP contribution in [0, 0.1) is 5.92 Å². The molecule has 0 bridgehead atoms. The molecule has 0 aliphatic carbocycles. The van der Waals surface area contributed by atoms with Gasteiger partial charge in [-0.05, 0) is 30.2 Å². The lowest BCUT2D eigenvalue weighted by atomic mass is 10.1. The molecule has 0 aromatic heterocycles. The first-order chi connectivity index (χ1) is 10.9. The minimum absolute atomic E-state index is 0.0941. The predicted molar refractivity (Wildman–Crippen MR) is 93.9 cm³/mol. The lowest BCUT2D eigenvalue weighted by Gasteiger charge is -2.23. The number of carbonyl (C=O) groups excluding carboxylic acids is 2. The maximum absolute atomic E-state index is 12.6. The van der Waals surface area contributed by atoms with Crippen molar-refractivity contribution in [1.82, 2.24) is 10.2 Å². The Morgan fingerprint density at radius 1 is 1.35 bits per heavy atom. The van der Waals surface area contributed by atoms with E-state index in [0.29, 0.717) is 34.6 Å². The number of amides is 2. The van der Waals surface area contributed by atoms with Crippen molar-refractivity contribution in [2.45, 2.75) is 24.8 Å². The molecule has 23 heavy (non-hydrogen) atoms. The zero-order valence-corrected chi connectivity index (χ0v) is 15.2. The second kappa shape index (κ2) is 7.97. The van der Waals surface area contributed by atoms with Gasteiger partial charge in [0.1, 0.15) is 6.04 Å². The maximum Gasteiger partial charge on any atom is 0.255 e. The summed E-state index contributed by atoms with van der Waals surface area (Å²) in [4.78, 5) is 27.2. The second-order valence-electron chi connectivity index (χ2n) is 5.91. The van der Waals surface area contributed by atoms with Gasteiger partial charge in [-0.25, -0.2) is 0 Å². The molecule has 1 N–H and O–H groups in total. The first-order valence-electron chi connectivity index (χ1n) is 7.50. The van der Waals surface area contributed by atoms with E-state index in [9.17, 15) is 13.8 Å². The van der Waals surface area contributed by atoms with Gasteiger partial charge < -0.3 is 10.2 Å². The second-order valence-corrected chi connectivity index (χ2v) is 8.29. The Bertz CT molecular complexity index is 602. The van der Waals surface area contributed by atoms with Gasteiger partial charge >= 0.3 is 0 Å². The SMILES string of the molecule is CC(C)CNC(=O)[C@@H]1CSCN1C(=O)c1ccc([S@@](C)=O)cc1. The first-order valence-corrected chi connectivity index (χ1v) is 10.2. The van der Waals surface area contributed by atoms with Crippen LogP contribution in [0.1, 0.15) is 24.2 Å². The summed E-state index contributed by atoms with van der Waals surface area (Å²) >= 11 is 1.58. The summed E-state index contributed by atoms with van der Waals surface area (Å²) in [6.07, 6.45) is 1.60. The molecular weight excluding hydrogens is 332 g/mol. The molecule has 2 atom stereocenters. The summed E-state index contributed by atoms with van der Waals surface area (Å²) < 4.78 is 11.4. The molecule has 5 nitrogen and oxygen atoms in total. The van der Waals surface area contributed by atoms with Gasteiger partial charge in [0.25, 0.3) is 5.91 Å². The third kappa shape index (κ3) is 4.57. The Balaban J connectivity index is 2.08. The number of hydrogen-bond donors (Lipinski definition) is 1. The van der Waals surface area contributed by atoms with Crippen LogP contribution in [0.2, 0.25) is 0 Å². The normalized spacial score (nSPS) is 19.0. The molecule has 1 aliphatic heterocycles. The molecule has 1 fully saturated rings. The minimum atomic E-state index is -1.07. The topological polar surface area (TPSA) is 66.5 Å². The lowest BCUT2D eigenvalue weighted by Crippen LogP contribution is -2.47. The fourth-order valence-electron chi connectivity index (χ4n) is 2.24. The highest BCUT2D eigenvalue weighted by Crippen LogP contribution is 2.23. The van der Waals surface area contributed by atoms with Crippen LogP contribution >= 0.6 is 11.8 Å². The third-order valence-corrected chi connectivity index (χ3v) is 5.51. The summed E-state index contributed by atoms with van der Waals surface area (Å²) in [5, 5.41) is 2.90. The van der Waals surface area contributed by atoms with Crippen molar-refractivity contribution >= 4 is 34.4 Å². The van der Waals surface area contributed by atoms with Crippen LogP contribution in [-0.2, 0) is 15.6 Å². The molecule has 1 saturated heterocycles. The zero-order chi connectivity index (χ0) is 17.0. The van der Waals surface area contributed by atoms with Crippen LogP contribution in [-0.4, -0.2) is 51.4 Å². The van der Waals surface area contributed by atoms with Crippen molar-refractivity contribution in [3.05, 3.63) is 29.8 Å². The van der Waals surface area contributed by atoms with E-state index in [1.165, 1.54) is 0 Å². The van der Waals surface area contributed by atoms with E-state index >= 15 is 0 Å². The van der Waals surface area contributed by atoms with Crippen molar-refractivity contribution in [2.75, 3.05) is 24.4 Å². The largest absolute Gasteiger partial charge is 0.354 e. The fraction of sp³-hybridized carbons (Fsp3) is 0.500. The fourth-order valence-corrected chi connectivity index (χ4v) is 3.91. The average molecular weight is 354 g/mol. The monoisotopic (exact) mass is 354 g/mol. The maximum atomic E-state index is 12.6. The van der Waals surface area contributed by atoms with Crippen molar-refractivity contribution in [2.24, 2.45) is 5.92 Å². The van der Waals surface area contributed by atoms with Crippen LogP contribution < -0.4 is 5.32 Å². The summed E-state index contributed by atoms with van der Waals surface area (Å²) in [7, 11) is -1.07. The summed E-state index contributed by atoms with van der Waals surface area (Å²) in [6, 6.07) is 6.31. The van der Waals surface area contributed by atoms with Gasteiger partial charge in [0.15, 0.2) is 0 Å². The van der Waals surface area contributed by atoms with Gasteiger partial charge in [0.2, 0.25) is 5.91 Å². The van der Waals surface area contributed by atoms with E-state index < -0.39 is 16.8 Å². The minimum Gasteiger partial charge on any atom is -0.354 e. The Kier molecular flexibility index (Phi) is 6.24. The Morgan fingerprint density at radius 2 is 2.00 bits per heavy atom. The van der Waals surface area contributed by atoms with Gasteiger partial charge in [-0.15, -0.1) is 11.8 Å². The molecule has 7 heteroatoms. The number of nitrogens with zero attached hydrogens (tertiary/aromatic N) is 1. The standard InChI is InChI=1S/C16H22N2O3S2/c1-11(2)8-17-15(19)14-9-22-10-18(14)16(20)12-4-6-13(7-5-12)23(3)21/h4-7,11,14H,8-10H2,1-3H3,(H,17,19)/t14-,23+/m0/s1. The molecule has 0 saturated carbocycles. The Labute approximate surface area is 143 Å². The van der Waals surface area contributed by atoms with E-state index in [-0.39, 0.29) is 11.8 Å². The number of nitrogens with one attached hydrogen (secondary N) is 1. The molecule has 0 radical (unpaired) electrons. The van der Waals surface area contributed by atoms with E-state index in [1.54, 1.807) is 47.2 Å². The lowest BCUT2D eigenvalue weighted by molar-refractivity contribution is -0.124. The van der Waals surface area contributed by atoms with Crippen LogP contribution in [0.15, 0.2) is 29.2 Å². The van der Waals surface area contributed by atoms with Gasteiger partial charge in [0.05, 0.1) is 5.88 Å². The molecule has 1 heterocycles. The molecule has 0 spiro atoms. The molecule has 0 unspecified atom stereocenters. The van der Waals surface area contributed by atoms with Crippen molar-refractivity contribution < 1.29 is 13.8 Å². The van der Waals surface area contributed by atoms with Crippen LogP contribution in [0.4, 0.5) is 0 Å². The number of benzene rings is 1. The zero-order valence-electron chi connectivity index (χ0n) is 13.6. The first kappa shape index (κ1) is 18.0. The highest BCUT2D eigenvalue weighted by Gasteiger charge is 2.34. The molecule has 2 rings (SSSR count). The van der Waals surface area contributed by atoms with Crippen molar-refractivity contribution in [3.63, 3.8) is 0 Å². The van der Waals surface area contributed by atoms with E-state index in [4.69, 9.17) is 0 Å². The number of hydrogen-bond acceptors (Lipinski definition) is 4. The van der Waals surface area contributed by atoms with Gasteiger partial charge in [-0.1, -0.05) is 13.8 Å². The Morgan fingerprint density at radius 3 is 2.57 bits per heavy atom. The molecule has 126 valence electrons. The molecule has 2 amide bonds. The van der Waals surface area contributed by atoms with E-state index in [1.807, 2.05) is 13.8 Å². The van der Waals surface area contributed by atoms with Gasteiger partial charge in [0, 0.05) is 39.8 Å². The predicted octanol–water partition coefficient (Wildman–Crippen LogP) is 1.71. The smallest absolute Gasteiger partial charge is 0.255 e. The summed E-state index contributed by atoms with van der Waals surface area (Å²) in [5.74, 6) is 1.25. The van der Waals surface area contributed by atoms with Gasteiger partial charge in [-0.2, -0.15) is 0 Å². The third-order valence-electron chi connectivity index (χ3n) is 3.56. The molecule has 1 aliphatic rings. The van der Waals surface area contributed by atoms with Crippen molar-refractivity contribution in [3.8, 4) is 0 Å². The van der Waals surface area contributed by atoms with Crippen LogP contribution in [0.25, 0.3) is 0 Å². The average Bonchev–Trinajstić information content (AvgIpc) is 3.01. The highest BCUT2D eigenvalue weighted by atomic mass is 32.2. The van der Waals surface area contributed by atoms with E-state index in [2.05, 4.69) is 5.32 Å². The Hall–Kier alpha value is -1.34. The van der Waals surface area contributed by atoms with Crippen LogP contribution in [0.3, 0.4) is 0 Å². The quantitative estimate of drug-likeness (QED) is 0.874. The molecule has 1 aromatic carbocycles.